The van der Waals surface area contributed by atoms with Gasteiger partial charge in [0.25, 0.3) is 5.91 Å². The van der Waals surface area contributed by atoms with E-state index in [1.807, 2.05) is 0 Å². The van der Waals surface area contributed by atoms with Gasteiger partial charge in [0, 0.05) is 17.0 Å². The van der Waals surface area contributed by atoms with Crippen LogP contribution in [0, 0.1) is 0 Å². The molecule has 0 aliphatic heterocycles. The first-order valence-corrected chi connectivity index (χ1v) is 12.5. The van der Waals surface area contributed by atoms with Crippen molar-refractivity contribution < 1.29 is 29.0 Å². The molecule has 0 fully saturated rings. The number of nitrogens with zero attached hydrogens (tertiary/aromatic N) is 1. The smallest absolute Gasteiger partial charge is 0.408 e. The monoisotopic (exact) mass is 531 g/mol. The van der Waals surface area contributed by atoms with Gasteiger partial charge < -0.3 is 30.1 Å². The molecule has 0 aliphatic carbocycles. The van der Waals surface area contributed by atoms with E-state index >= 15 is 0 Å². The first-order chi connectivity index (χ1) is 17.2. The predicted octanol–water partition coefficient (Wildman–Crippen LogP) is 4.53. The predicted molar refractivity (Wildman–Crippen MR) is 146 cm³/mol. The number of hydrogen-bond donors (Lipinski definition) is 4. The van der Waals surface area contributed by atoms with Crippen molar-refractivity contribution in [3.05, 3.63) is 54.1 Å². The number of phenolic OH excluding ortho intramolecular Hbond substituents is 1. The van der Waals surface area contributed by atoms with Crippen LogP contribution in [0.4, 0.5) is 10.5 Å². The highest BCUT2D eigenvalue weighted by Crippen LogP contribution is 2.32. The number of carbonyl (C=O) groups excluding carboxylic acids is 3. The minimum atomic E-state index is -1.15. The zero-order valence-corrected chi connectivity index (χ0v) is 23.3. The highest BCUT2D eigenvalue weighted by molar-refractivity contribution is 7.80. The summed E-state index contributed by atoms with van der Waals surface area (Å²) in [6.45, 7) is 10.5. The van der Waals surface area contributed by atoms with E-state index in [1.165, 1.54) is 17.0 Å². The maximum absolute atomic E-state index is 13.9. The second kappa shape index (κ2) is 12.2. The largest absolute Gasteiger partial charge is 0.508 e. The number of benzene rings is 2. The highest BCUT2D eigenvalue weighted by atomic mass is 32.1. The average Bonchev–Trinajstić information content (AvgIpc) is 2.79. The Morgan fingerprint density at radius 1 is 1.03 bits per heavy atom. The number of nitrogens with one attached hydrogen (secondary N) is 2. The molecule has 9 nitrogen and oxygen atoms in total. The fourth-order valence-corrected chi connectivity index (χ4v) is 3.89. The van der Waals surface area contributed by atoms with Crippen molar-refractivity contribution in [3.8, 4) is 11.5 Å². The van der Waals surface area contributed by atoms with Crippen molar-refractivity contribution in [2.24, 2.45) is 0 Å². The van der Waals surface area contributed by atoms with Crippen LogP contribution in [-0.4, -0.2) is 58.0 Å². The molecule has 0 aromatic heterocycles. The van der Waals surface area contributed by atoms with Gasteiger partial charge >= 0.3 is 6.09 Å². The molecule has 3 N–H and O–H groups in total. The fourth-order valence-electron chi connectivity index (χ4n) is 3.65. The van der Waals surface area contributed by atoms with Crippen LogP contribution in [0.25, 0.3) is 0 Å². The summed E-state index contributed by atoms with van der Waals surface area (Å²) in [6, 6.07) is 10.7. The fraction of sp³-hybridized carbons (Fsp3) is 0.444. The van der Waals surface area contributed by atoms with E-state index < -0.39 is 41.1 Å². The molecule has 0 heterocycles. The van der Waals surface area contributed by atoms with Crippen LogP contribution in [0.3, 0.4) is 0 Å². The molecule has 2 aromatic rings. The van der Waals surface area contributed by atoms with Crippen molar-refractivity contribution in [1.29, 1.82) is 0 Å². The Hall–Kier alpha value is -3.40. The number of anilines is 1. The Morgan fingerprint density at radius 2 is 1.65 bits per heavy atom. The number of hydrogen-bond acceptors (Lipinski definition) is 7. The molecular weight excluding hydrogens is 494 g/mol. The normalized spacial score (nSPS) is 13.2. The lowest BCUT2D eigenvalue weighted by molar-refractivity contribution is -0.146. The van der Waals surface area contributed by atoms with E-state index in [1.54, 1.807) is 85.1 Å². The second-order valence-corrected chi connectivity index (χ2v) is 10.8. The molecule has 10 heteroatoms. The summed E-state index contributed by atoms with van der Waals surface area (Å²) < 4.78 is 10.5. The van der Waals surface area contributed by atoms with Gasteiger partial charge in [0.05, 0.1) is 7.11 Å². The van der Waals surface area contributed by atoms with Crippen LogP contribution in [0.2, 0.25) is 0 Å². The molecule has 2 aromatic carbocycles. The molecule has 0 saturated heterocycles. The molecule has 2 rings (SSSR count). The van der Waals surface area contributed by atoms with Crippen molar-refractivity contribution in [2.45, 2.75) is 64.8 Å². The number of methoxy groups -OCH3 is 1. The van der Waals surface area contributed by atoms with Gasteiger partial charge in [-0.2, -0.15) is 12.6 Å². The zero-order chi connectivity index (χ0) is 28.0. The standard InChI is InChI=1S/C27H37N3O6S/c1-26(2,3)30(24(33)21(16-37)29-25(34)36-27(4,5)6)22(17-9-8-10-19(31)15-17)23(32)28-18-11-13-20(35-7)14-12-18/h8-15,21-22,31,37H,16H2,1-7H3,(H,28,32)(H,29,34). The van der Waals surface area contributed by atoms with Gasteiger partial charge in [0.2, 0.25) is 5.91 Å². The van der Waals surface area contributed by atoms with Crippen molar-refractivity contribution in [2.75, 3.05) is 18.2 Å². The van der Waals surface area contributed by atoms with Crippen LogP contribution in [-0.2, 0) is 14.3 Å². The van der Waals surface area contributed by atoms with E-state index in [9.17, 15) is 19.5 Å². The molecule has 2 unspecified atom stereocenters. The van der Waals surface area contributed by atoms with Crippen molar-refractivity contribution >= 4 is 36.2 Å². The maximum Gasteiger partial charge on any atom is 0.408 e. The Morgan fingerprint density at radius 3 is 2.14 bits per heavy atom. The summed E-state index contributed by atoms with van der Waals surface area (Å²) in [4.78, 5) is 41.5. The number of amides is 3. The Labute approximate surface area is 223 Å². The molecule has 202 valence electrons. The van der Waals surface area contributed by atoms with Crippen molar-refractivity contribution in [3.63, 3.8) is 0 Å². The third-order valence-electron chi connectivity index (χ3n) is 5.18. The zero-order valence-electron chi connectivity index (χ0n) is 22.4. The summed E-state index contributed by atoms with van der Waals surface area (Å²) in [5, 5.41) is 15.6. The quantitative estimate of drug-likeness (QED) is 0.372. The summed E-state index contributed by atoms with van der Waals surface area (Å²) >= 11 is 4.28. The van der Waals surface area contributed by atoms with Gasteiger partial charge in [-0.1, -0.05) is 12.1 Å². The molecule has 0 radical (unpaired) electrons. The number of ether oxygens (including phenoxy) is 2. The third kappa shape index (κ3) is 8.59. The molecule has 2 atom stereocenters. The second-order valence-electron chi connectivity index (χ2n) is 10.5. The summed E-state index contributed by atoms with van der Waals surface area (Å²) in [6.07, 6.45) is -0.773. The SMILES string of the molecule is COc1ccc(NC(=O)C(c2cccc(O)c2)N(C(=O)C(CS)NC(=O)OC(C)(C)C)C(C)(C)C)cc1. The van der Waals surface area contributed by atoms with Crippen LogP contribution in [0.15, 0.2) is 48.5 Å². The van der Waals surface area contributed by atoms with Gasteiger partial charge in [0.1, 0.15) is 29.2 Å². The summed E-state index contributed by atoms with van der Waals surface area (Å²) in [7, 11) is 1.54. The molecule has 3 amide bonds. The van der Waals surface area contributed by atoms with E-state index in [0.29, 0.717) is 17.0 Å². The Balaban J connectivity index is 2.51. The lowest BCUT2D eigenvalue weighted by Crippen LogP contribution is -2.58. The maximum atomic E-state index is 13.9. The molecule has 0 spiro atoms. The van der Waals surface area contributed by atoms with Crippen LogP contribution < -0.4 is 15.4 Å². The minimum absolute atomic E-state index is 0.0302. The first-order valence-electron chi connectivity index (χ1n) is 11.8. The van der Waals surface area contributed by atoms with E-state index in [2.05, 4.69) is 23.3 Å². The first kappa shape index (κ1) is 29.8. The number of phenols is 1. The average molecular weight is 532 g/mol. The highest BCUT2D eigenvalue weighted by Gasteiger charge is 2.41. The lowest BCUT2D eigenvalue weighted by Gasteiger charge is -2.43. The number of alkyl carbamates (subject to hydrolysis) is 1. The molecule has 0 aliphatic rings. The number of thiol groups is 1. The number of aromatic hydroxyl groups is 1. The number of carbonyl (C=O) groups is 3. The van der Waals surface area contributed by atoms with Crippen LogP contribution >= 0.6 is 12.6 Å². The van der Waals surface area contributed by atoms with Gasteiger partial charge in [-0.25, -0.2) is 4.79 Å². The van der Waals surface area contributed by atoms with Crippen LogP contribution in [0.1, 0.15) is 53.1 Å². The van der Waals surface area contributed by atoms with Gasteiger partial charge in [-0.3, -0.25) is 9.59 Å². The van der Waals surface area contributed by atoms with Gasteiger partial charge in [0.15, 0.2) is 0 Å². The van der Waals surface area contributed by atoms with Gasteiger partial charge in [-0.05, 0) is 83.5 Å². The third-order valence-corrected chi connectivity index (χ3v) is 5.55. The van der Waals surface area contributed by atoms with Crippen LogP contribution in [0.5, 0.6) is 11.5 Å². The Bertz CT molecular complexity index is 1090. The molecule has 0 saturated carbocycles. The molecule has 0 bridgehead atoms. The summed E-state index contributed by atoms with van der Waals surface area (Å²) in [5.41, 5.74) is -0.749. The summed E-state index contributed by atoms with van der Waals surface area (Å²) in [5.74, 6) is -0.504. The topological polar surface area (TPSA) is 117 Å². The van der Waals surface area contributed by atoms with Crippen molar-refractivity contribution in [1.82, 2.24) is 10.2 Å². The molecule has 37 heavy (non-hydrogen) atoms. The van der Waals surface area contributed by atoms with E-state index in [-0.39, 0.29) is 11.5 Å². The minimum Gasteiger partial charge on any atom is -0.508 e. The number of rotatable bonds is 8. The van der Waals surface area contributed by atoms with Gasteiger partial charge in [-0.15, -0.1) is 0 Å². The Kier molecular flexibility index (Phi) is 9.86. The molecular formula is C27H37N3O6S. The van der Waals surface area contributed by atoms with E-state index in [4.69, 9.17) is 9.47 Å². The van der Waals surface area contributed by atoms with E-state index in [0.717, 1.165) is 0 Å². The lowest BCUT2D eigenvalue weighted by atomic mass is 9.95.